The van der Waals surface area contributed by atoms with Crippen molar-refractivity contribution in [3.63, 3.8) is 0 Å². The molecule has 3 rings (SSSR count). The first-order chi connectivity index (χ1) is 13.0. The monoisotopic (exact) mass is 381 g/mol. The second kappa shape index (κ2) is 8.73. The SMILES string of the molecule is COc1cccc(OCc2csc(C(=O)Nc3ccc(C(C)C)cc3)c2)c1. The largest absolute Gasteiger partial charge is 0.497 e. The molecule has 2 aromatic carbocycles. The molecule has 140 valence electrons. The van der Waals surface area contributed by atoms with Crippen molar-refractivity contribution in [1.29, 1.82) is 0 Å². The average Bonchev–Trinajstić information content (AvgIpc) is 3.16. The van der Waals surface area contributed by atoms with Gasteiger partial charge in [-0.2, -0.15) is 0 Å². The van der Waals surface area contributed by atoms with Crippen molar-refractivity contribution in [2.45, 2.75) is 26.4 Å². The number of hydrogen-bond donors (Lipinski definition) is 1. The first kappa shape index (κ1) is 19.0. The normalized spacial score (nSPS) is 10.7. The van der Waals surface area contributed by atoms with E-state index in [1.54, 1.807) is 7.11 Å². The van der Waals surface area contributed by atoms with Gasteiger partial charge in [0.05, 0.1) is 12.0 Å². The molecule has 1 aromatic heterocycles. The average molecular weight is 381 g/mol. The van der Waals surface area contributed by atoms with E-state index >= 15 is 0 Å². The van der Waals surface area contributed by atoms with Crippen molar-refractivity contribution in [3.8, 4) is 11.5 Å². The summed E-state index contributed by atoms with van der Waals surface area (Å²) >= 11 is 1.41. The van der Waals surface area contributed by atoms with Gasteiger partial charge in [0.2, 0.25) is 0 Å². The lowest BCUT2D eigenvalue weighted by atomic mass is 10.0. The van der Waals surface area contributed by atoms with Crippen LogP contribution in [0.2, 0.25) is 0 Å². The van der Waals surface area contributed by atoms with E-state index in [4.69, 9.17) is 9.47 Å². The molecule has 0 atom stereocenters. The number of ether oxygens (including phenoxy) is 2. The Kier molecular flexibility index (Phi) is 6.14. The topological polar surface area (TPSA) is 47.6 Å². The maximum absolute atomic E-state index is 12.4. The molecule has 5 heteroatoms. The summed E-state index contributed by atoms with van der Waals surface area (Å²) in [5.74, 6) is 1.85. The van der Waals surface area contributed by atoms with Crippen LogP contribution in [0.3, 0.4) is 0 Å². The van der Waals surface area contributed by atoms with Gasteiger partial charge in [0.15, 0.2) is 0 Å². The fraction of sp³-hybridized carbons (Fsp3) is 0.227. The Morgan fingerprint density at radius 3 is 2.52 bits per heavy atom. The summed E-state index contributed by atoms with van der Waals surface area (Å²) in [5, 5.41) is 4.88. The summed E-state index contributed by atoms with van der Waals surface area (Å²) in [7, 11) is 1.62. The van der Waals surface area contributed by atoms with E-state index in [1.807, 2.05) is 60.0 Å². The molecule has 0 bridgehead atoms. The summed E-state index contributed by atoms with van der Waals surface area (Å²) in [4.78, 5) is 13.1. The maximum atomic E-state index is 12.4. The van der Waals surface area contributed by atoms with Crippen LogP contribution < -0.4 is 14.8 Å². The Bertz CT molecular complexity index is 900. The Morgan fingerprint density at radius 2 is 1.81 bits per heavy atom. The van der Waals surface area contributed by atoms with E-state index < -0.39 is 0 Å². The van der Waals surface area contributed by atoms with E-state index in [9.17, 15) is 4.79 Å². The summed E-state index contributed by atoms with van der Waals surface area (Å²) in [6.07, 6.45) is 0. The predicted octanol–water partition coefficient (Wildman–Crippen LogP) is 5.71. The van der Waals surface area contributed by atoms with E-state index in [2.05, 4.69) is 19.2 Å². The smallest absolute Gasteiger partial charge is 0.265 e. The third-order valence-electron chi connectivity index (χ3n) is 4.16. The van der Waals surface area contributed by atoms with Crippen molar-refractivity contribution in [2.75, 3.05) is 12.4 Å². The first-order valence-electron chi connectivity index (χ1n) is 8.80. The highest BCUT2D eigenvalue weighted by Crippen LogP contribution is 2.23. The van der Waals surface area contributed by atoms with E-state index in [0.29, 0.717) is 17.4 Å². The molecule has 0 aliphatic carbocycles. The molecule has 0 aliphatic heterocycles. The van der Waals surface area contributed by atoms with Crippen molar-refractivity contribution >= 4 is 22.9 Å². The third-order valence-corrected chi connectivity index (χ3v) is 5.14. The minimum atomic E-state index is -0.107. The highest BCUT2D eigenvalue weighted by molar-refractivity contribution is 7.12. The van der Waals surface area contributed by atoms with Gasteiger partial charge in [-0.15, -0.1) is 11.3 Å². The van der Waals surface area contributed by atoms with E-state index in [0.717, 1.165) is 22.7 Å². The molecular weight excluding hydrogens is 358 g/mol. The van der Waals surface area contributed by atoms with Crippen LogP contribution >= 0.6 is 11.3 Å². The minimum absolute atomic E-state index is 0.107. The number of amides is 1. The molecule has 4 nitrogen and oxygen atoms in total. The quantitative estimate of drug-likeness (QED) is 0.570. The van der Waals surface area contributed by atoms with Gasteiger partial charge in [0.25, 0.3) is 5.91 Å². The van der Waals surface area contributed by atoms with Crippen LogP contribution in [-0.4, -0.2) is 13.0 Å². The first-order valence-corrected chi connectivity index (χ1v) is 9.68. The number of nitrogens with one attached hydrogen (secondary N) is 1. The molecule has 0 saturated heterocycles. The van der Waals surface area contributed by atoms with Crippen LogP contribution in [0.4, 0.5) is 5.69 Å². The van der Waals surface area contributed by atoms with Gasteiger partial charge in [-0.05, 0) is 47.2 Å². The number of thiophene rings is 1. The minimum Gasteiger partial charge on any atom is -0.497 e. The number of hydrogen-bond acceptors (Lipinski definition) is 4. The van der Waals surface area contributed by atoms with Gasteiger partial charge in [0, 0.05) is 17.3 Å². The summed E-state index contributed by atoms with van der Waals surface area (Å²) in [6, 6.07) is 17.3. The van der Waals surface area contributed by atoms with Gasteiger partial charge in [-0.1, -0.05) is 32.0 Å². The van der Waals surface area contributed by atoms with Gasteiger partial charge in [-0.25, -0.2) is 0 Å². The molecule has 0 saturated carbocycles. The Hall–Kier alpha value is -2.79. The second-order valence-corrected chi connectivity index (χ2v) is 7.43. The molecule has 1 N–H and O–H groups in total. The zero-order valence-electron chi connectivity index (χ0n) is 15.7. The van der Waals surface area contributed by atoms with Crippen LogP contribution in [0.1, 0.15) is 40.6 Å². The standard InChI is InChI=1S/C22H23NO3S/c1-15(2)17-7-9-18(10-8-17)23-22(24)21-11-16(14-27-21)13-26-20-6-4-5-19(12-20)25-3/h4-12,14-15H,13H2,1-3H3,(H,23,24). The molecule has 3 aromatic rings. The molecule has 1 heterocycles. The fourth-order valence-corrected chi connectivity index (χ4v) is 3.36. The molecule has 1 amide bonds. The van der Waals surface area contributed by atoms with E-state index in [1.165, 1.54) is 16.9 Å². The van der Waals surface area contributed by atoms with Gasteiger partial charge in [-0.3, -0.25) is 4.79 Å². The molecule has 0 aliphatic rings. The van der Waals surface area contributed by atoms with Gasteiger partial charge in [0.1, 0.15) is 18.1 Å². The van der Waals surface area contributed by atoms with Crippen LogP contribution in [-0.2, 0) is 6.61 Å². The Balaban J connectivity index is 1.58. The maximum Gasteiger partial charge on any atom is 0.265 e. The van der Waals surface area contributed by atoms with Crippen molar-refractivity contribution in [1.82, 2.24) is 0 Å². The van der Waals surface area contributed by atoms with Gasteiger partial charge >= 0.3 is 0 Å². The molecular formula is C22H23NO3S. The molecule has 0 fully saturated rings. The van der Waals surface area contributed by atoms with Crippen molar-refractivity contribution < 1.29 is 14.3 Å². The lowest BCUT2D eigenvalue weighted by Crippen LogP contribution is -2.10. The van der Waals surface area contributed by atoms with Crippen LogP contribution in [0.15, 0.2) is 60.0 Å². The Labute approximate surface area is 163 Å². The van der Waals surface area contributed by atoms with Crippen LogP contribution in [0.5, 0.6) is 11.5 Å². The number of methoxy groups -OCH3 is 1. The third kappa shape index (κ3) is 5.11. The van der Waals surface area contributed by atoms with E-state index in [-0.39, 0.29) is 5.91 Å². The summed E-state index contributed by atoms with van der Waals surface area (Å²) in [6.45, 7) is 4.70. The lowest BCUT2D eigenvalue weighted by molar-refractivity contribution is 0.103. The fourth-order valence-electron chi connectivity index (χ4n) is 2.57. The number of anilines is 1. The van der Waals surface area contributed by atoms with Crippen molar-refractivity contribution in [2.24, 2.45) is 0 Å². The number of carbonyl (C=O) groups excluding carboxylic acids is 1. The Morgan fingerprint density at radius 1 is 1.07 bits per heavy atom. The van der Waals surface area contributed by atoms with Crippen LogP contribution in [0, 0.1) is 0 Å². The molecule has 0 radical (unpaired) electrons. The zero-order valence-corrected chi connectivity index (χ0v) is 16.5. The van der Waals surface area contributed by atoms with Crippen LogP contribution in [0.25, 0.3) is 0 Å². The molecule has 27 heavy (non-hydrogen) atoms. The second-order valence-electron chi connectivity index (χ2n) is 6.52. The molecule has 0 spiro atoms. The lowest BCUT2D eigenvalue weighted by Gasteiger charge is -2.08. The number of carbonyl (C=O) groups is 1. The molecule has 0 unspecified atom stereocenters. The highest BCUT2D eigenvalue weighted by atomic mass is 32.1. The summed E-state index contributed by atoms with van der Waals surface area (Å²) in [5.41, 5.74) is 3.01. The zero-order chi connectivity index (χ0) is 19.2. The van der Waals surface area contributed by atoms with Gasteiger partial charge < -0.3 is 14.8 Å². The highest BCUT2D eigenvalue weighted by Gasteiger charge is 2.10. The predicted molar refractivity (Wildman–Crippen MR) is 110 cm³/mol. The number of benzene rings is 2. The number of rotatable bonds is 7. The van der Waals surface area contributed by atoms with Crippen molar-refractivity contribution in [3.05, 3.63) is 76.0 Å². The summed E-state index contributed by atoms with van der Waals surface area (Å²) < 4.78 is 11.0.